The van der Waals surface area contributed by atoms with Crippen molar-refractivity contribution in [3.05, 3.63) is 107 Å². The highest BCUT2D eigenvalue weighted by Gasteiger charge is 2.20. The van der Waals surface area contributed by atoms with Gasteiger partial charge in [0.2, 0.25) is 0 Å². The summed E-state index contributed by atoms with van der Waals surface area (Å²) in [6, 6.07) is 21.1. The normalized spacial score (nSPS) is 17.0. The molecular weight excluding hydrogens is 462 g/mol. The molecule has 7 nitrogen and oxygen atoms in total. The van der Waals surface area contributed by atoms with E-state index in [1.807, 2.05) is 68.0 Å². The first kappa shape index (κ1) is 24.6. The molecule has 3 aromatic carbocycles. The van der Waals surface area contributed by atoms with Gasteiger partial charge in [-0.2, -0.15) is 0 Å². The minimum atomic E-state index is -0.163. The standard InChI is InChI=1S/C30H33N5O2/c1-21-34(3)15-16-35(21)28-11-8-24(9-12-28)29(36)31-19-22-5-4-6-25(17-22)30(37)32-27-10-7-23-13-14-33(2)20-26(23)18-27/h4-12,15-18,21H,13-14,19-20H2,1-3H3,(H,31,36)(H,32,37). The molecule has 2 amide bonds. The molecule has 7 heteroatoms. The molecule has 2 heterocycles. The summed E-state index contributed by atoms with van der Waals surface area (Å²) in [6.45, 7) is 4.41. The average molecular weight is 496 g/mol. The number of likely N-dealkylation sites (N-methyl/N-ethyl adjacent to an activating group) is 1. The molecular formula is C30H33N5O2. The second-order valence-electron chi connectivity index (χ2n) is 9.86. The first-order valence-corrected chi connectivity index (χ1v) is 12.6. The molecule has 3 aromatic rings. The topological polar surface area (TPSA) is 67.9 Å². The first-order valence-electron chi connectivity index (χ1n) is 12.6. The van der Waals surface area contributed by atoms with Gasteiger partial charge in [0, 0.05) is 61.6 Å². The molecule has 0 aromatic heterocycles. The van der Waals surface area contributed by atoms with Crippen molar-refractivity contribution in [2.45, 2.75) is 32.6 Å². The Hall–Kier alpha value is -4.10. The van der Waals surface area contributed by atoms with E-state index >= 15 is 0 Å². The van der Waals surface area contributed by atoms with Crippen molar-refractivity contribution < 1.29 is 9.59 Å². The largest absolute Gasteiger partial charge is 0.359 e. The lowest BCUT2D eigenvalue weighted by atomic mass is 9.99. The summed E-state index contributed by atoms with van der Waals surface area (Å²) in [5.41, 5.74) is 6.46. The van der Waals surface area contributed by atoms with Crippen LogP contribution < -0.4 is 15.5 Å². The summed E-state index contributed by atoms with van der Waals surface area (Å²) in [4.78, 5) is 32.2. The van der Waals surface area contributed by atoms with E-state index in [4.69, 9.17) is 0 Å². The summed E-state index contributed by atoms with van der Waals surface area (Å²) >= 11 is 0. The molecule has 0 fully saturated rings. The number of benzene rings is 3. The van der Waals surface area contributed by atoms with Gasteiger partial charge in [0.05, 0.1) is 0 Å². The van der Waals surface area contributed by atoms with Crippen LogP contribution in [0.15, 0.2) is 79.1 Å². The summed E-state index contributed by atoms with van der Waals surface area (Å²) in [7, 11) is 4.15. The number of amides is 2. The second-order valence-corrected chi connectivity index (χ2v) is 9.86. The van der Waals surface area contributed by atoms with Gasteiger partial charge in [0.1, 0.15) is 6.17 Å². The van der Waals surface area contributed by atoms with Crippen molar-refractivity contribution in [1.29, 1.82) is 0 Å². The average Bonchev–Trinajstić information content (AvgIpc) is 3.25. The number of fused-ring (bicyclic) bond motifs is 1. The maximum atomic E-state index is 12.9. The third kappa shape index (κ3) is 5.52. The zero-order valence-corrected chi connectivity index (χ0v) is 21.6. The highest BCUT2D eigenvalue weighted by atomic mass is 16.2. The van der Waals surface area contributed by atoms with Crippen LogP contribution in [0.1, 0.15) is 44.3 Å². The Morgan fingerprint density at radius 3 is 2.46 bits per heavy atom. The second kappa shape index (κ2) is 10.5. The van der Waals surface area contributed by atoms with Gasteiger partial charge in [-0.3, -0.25) is 9.59 Å². The van der Waals surface area contributed by atoms with E-state index in [1.54, 1.807) is 6.07 Å². The zero-order valence-electron chi connectivity index (χ0n) is 21.6. The lowest BCUT2D eigenvalue weighted by Gasteiger charge is -2.27. The summed E-state index contributed by atoms with van der Waals surface area (Å²) in [5.74, 6) is -0.314. The molecule has 0 radical (unpaired) electrons. The van der Waals surface area contributed by atoms with Crippen LogP contribution in [0.3, 0.4) is 0 Å². The fourth-order valence-electron chi connectivity index (χ4n) is 4.80. The van der Waals surface area contributed by atoms with Gasteiger partial charge in [0.15, 0.2) is 0 Å². The third-order valence-corrected chi connectivity index (χ3v) is 7.19. The van der Waals surface area contributed by atoms with Crippen LogP contribution in [0.4, 0.5) is 11.4 Å². The maximum Gasteiger partial charge on any atom is 0.255 e. The van der Waals surface area contributed by atoms with Crippen molar-refractivity contribution in [2.24, 2.45) is 0 Å². The minimum Gasteiger partial charge on any atom is -0.359 e. The Balaban J connectivity index is 1.18. The summed E-state index contributed by atoms with van der Waals surface area (Å²) in [6.07, 6.45) is 5.33. The molecule has 0 spiro atoms. The SMILES string of the molecule is CC1N(C)C=CN1c1ccc(C(=O)NCc2cccc(C(=O)Nc3ccc4c(c3)CN(C)CC4)c2)cc1. The lowest BCUT2D eigenvalue weighted by Crippen LogP contribution is -2.33. The van der Waals surface area contributed by atoms with Crippen LogP contribution in [0, 0.1) is 0 Å². The predicted octanol–water partition coefficient (Wildman–Crippen LogP) is 4.43. The molecule has 1 atom stereocenters. The number of nitrogens with zero attached hydrogens (tertiary/aromatic N) is 3. The van der Waals surface area contributed by atoms with Gasteiger partial charge < -0.3 is 25.3 Å². The number of carbonyl (C=O) groups is 2. The smallest absolute Gasteiger partial charge is 0.255 e. The first-order chi connectivity index (χ1) is 17.9. The molecule has 0 saturated carbocycles. The Bertz CT molecular complexity index is 1330. The van der Waals surface area contributed by atoms with E-state index in [0.717, 1.165) is 36.4 Å². The van der Waals surface area contributed by atoms with Gasteiger partial charge in [-0.25, -0.2) is 0 Å². The van der Waals surface area contributed by atoms with E-state index in [1.165, 1.54) is 11.1 Å². The van der Waals surface area contributed by atoms with Crippen molar-refractivity contribution in [1.82, 2.24) is 15.1 Å². The quantitative estimate of drug-likeness (QED) is 0.530. The van der Waals surface area contributed by atoms with Gasteiger partial charge in [-0.15, -0.1) is 0 Å². The van der Waals surface area contributed by atoms with Crippen molar-refractivity contribution in [3.63, 3.8) is 0 Å². The Morgan fingerprint density at radius 2 is 1.70 bits per heavy atom. The molecule has 5 rings (SSSR count). The maximum absolute atomic E-state index is 12.9. The fourth-order valence-corrected chi connectivity index (χ4v) is 4.80. The molecule has 2 aliphatic rings. The molecule has 0 aliphatic carbocycles. The minimum absolute atomic E-state index is 0.150. The zero-order chi connectivity index (χ0) is 25.9. The van der Waals surface area contributed by atoms with Crippen LogP contribution in [-0.4, -0.2) is 48.4 Å². The van der Waals surface area contributed by atoms with Crippen LogP contribution in [0.2, 0.25) is 0 Å². The molecule has 0 bridgehead atoms. The predicted molar refractivity (Wildman–Crippen MR) is 147 cm³/mol. The van der Waals surface area contributed by atoms with Crippen molar-refractivity contribution in [3.8, 4) is 0 Å². The molecule has 2 N–H and O–H groups in total. The van der Waals surface area contributed by atoms with Crippen LogP contribution >= 0.6 is 0 Å². The molecule has 2 aliphatic heterocycles. The third-order valence-electron chi connectivity index (χ3n) is 7.19. The number of rotatable bonds is 6. The number of anilines is 2. The number of carbonyl (C=O) groups excluding carboxylic acids is 2. The molecule has 190 valence electrons. The molecule has 0 saturated heterocycles. The Morgan fingerprint density at radius 1 is 0.892 bits per heavy atom. The molecule has 1 unspecified atom stereocenters. The van der Waals surface area contributed by atoms with Gasteiger partial charge >= 0.3 is 0 Å². The van der Waals surface area contributed by atoms with Crippen LogP contribution in [-0.2, 0) is 19.5 Å². The van der Waals surface area contributed by atoms with Crippen LogP contribution in [0.5, 0.6) is 0 Å². The van der Waals surface area contributed by atoms with Crippen molar-refractivity contribution >= 4 is 23.2 Å². The van der Waals surface area contributed by atoms with E-state index in [2.05, 4.69) is 51.4 Å². The fraction of sp³-hybridized carbons (Fsp3) is 0.267. The Kier molecular flexibility index (Phi) is 6.97. The highest BCUT2D eigenvalue weighted by molar-refractivity contribution is 6.04. The van der Waals surface area contributed by atoms with E-state index in [0.29, 0.717) is 17.7 Å². The number of hydrogen-bond donors (Lipinski definition) is 2. The Labute approximate surface area is 218 Å². The monoisotopic (exact) mass is 495 g/mol. The van der Waals surface area contributed by atoms with E-state index < -0.39 is 0 Å². The molecule has 37 heavy (non-hydrogen) atoms. The summed E-state index contributed by atoms with van der Waals surface area (Å²) in [5, 5.41) is 5.98. The van der Waals surface area contributed by atoms with Crippen LogP contribution in [0.25, 0.3) is 0 Å². The van der Waals surface area contributed by atoms with E-state index in [-0.39, 0.29) is 18.0 Å². The van der Waals surface area contributed by atoms with E-state index in [9.17, 15) is 9.59 Å². The number of nitrogens with one attached hydrogen (secondary N) is 2. The van der Waals surface area contributed by atoms with Gasteiger partial charge in [-0.05, 0) is 85.6 Å². The lowest BCUT2D eigenvalue weighted by molar-refractivity contribution is 0.0950. The number of hydrogen-bond acceptors (Lipinski definition) is 5. The van der Waals surface area contributed by atoms with Crippen molar-refractivity contribution in [2.75, 3.05) is 30.9 Å². The van der Waals surface area contributed by atoms with Gasteiger partial charge in [0.25, 0.3) is 11.8 Å². The summed E-state index contributed by atoms with van der Waals surface area (Å²) < 4.78 is 0. The highest BCUT2D eigenvalue weighted by Crippen LogP contribution is 2.24. The van der Waals surface area contributed by atoms with Gasteiger partial charge in [-0.1, -0.05) is 18.2 Å².